The highest BCUT2D eigenvalue weighted by Gasteiger charge is 2.64. The molecule has 0 unspecified atom stereocenters. The van der Waals surface area contributed by atoms with Gasteiger partial charge in [0.05, 0.1) is 18.6 Å². The number of hydrogen-bond acceptors (Lipinski definition) is 4. The van der Waals surface area contributed by atoms with Crippen LogP contribution in [0.2, 0.25) is 0 Å². The number of carbonyl (C=O) groups is 2. The first-order valence-electron chi connectivity index (χ1n) is 15.5. The maximum absolute atomic E-state index is 15.6. The lowest BCUT2D eigenvalue weighted by Crippen LogP contribution is -2.49. The minimum atomic E-state index is -4.39. The Morgan fingerprint density at radius 3 is 2.25 bits per heavy atom. The largest absolute Gasteiger partial charge is 0.496 e. The van der Waals surface area contributed by atoms with Gasteiger partial charge in [0.1, 0.15) is 17.6 Å². The molecule has 2 saturated carbocycles. The van der Waals surface area contributed by atoms with Crippen LogP contribution in [0.25, 0.3) is 0 Å². The topological polar surface area (TPSA) is 78.9 Å². The number of amides is 1. The van der Waals surface area contributed by atoms with Crippen molar-refractivity contribution in [3.63, 3.8) is 0 Å². The third-order valence-electron chi connectivity index (χ3n) is 10.0. The lowest BCUT2D eigenvalue weighted by atomic mass is 9.72. The fourth-order valence-electron chi connectivity index (χ4n) is 7.63. The second-order valence-electron chi connectivity index (χ2n) is 13.7. The average molecular weight is 619 g/mol. The summed E-state index contributed by atoms with van der Waals surface area (Å²) in [5.41, 5.74) is -1.69. The van der Waals surface area contributed by atoms with Crippen LogP contribution in [-0.4, -0.2) is 47.3 Å². The molecule has 0 aromatic heterocycles. The smallest absolute Gasteiger partial charge is 0.398 e. The highest BCUT2D eigenvalue weighted by atomic mass is 19.4. The molecule has 1 saturated heterocycles. The first-order valence-corrected chi connectivity index (χ1v) is 15.5. The zero-order valence-electron chi connectivity index (χ0n) is 25.7. The van der Waals surface area contributed by atoms with Gasteiger partial charge < -0.3 is 20.1 Å². The van der Waals surface area contributed by atoms with Crippen molar-refractivity contribution in [2.75, 3.05) is 7.11 Å². The Morgan fingerprint density at radius 1 is 1.05 bits per heavy atom. The van der Waals surface area contributed by atoms with Gasteiger partial charge >= 0.3 is 12.1 Å². The number of ether oxygens (including phenoxy) is 1. The highest BCUT2D eigenvalue weighted by molar-refractivity contribution is 5.87. The number of hydrogen-bond donors (Lipinski definition) is 2. The van der Waals surface area contributed by atoms with Crippen LogP contribution >= 0.6 is 0 Å². The molecule has 1 heterocycles. The van der Waals surface area contributed by atoms with E-state index in [4.69, 9.17) is 4.74 Å². The number of carboxylic acids is 1. The van der Waals surface area contributed by atoms with Crippen molar-refractivity contribution in [1.29, 1.82) is 0 Å². The van der Waals surface area contributed by atoms with Crippen LogP contribution in [0.15, 0.2) is 42.5 Å². The molecule has 2 aromatic rings. The third-order valence-corrected chi connectivity index (χ3v) is 10.0. The number of alkyl halides is 3. The van der Waals surface area contributed by atoms with Crippen LogP contribution in [0, 0.1) is 23.1 Å². The normalized spacial score (nSPS) is 25.6. The van der Waals surface area contributed by atoms with E-state index in [0.717, 1.165) is 19.3 Å². The molecule has 44 heavy (non-hydrogen) atoms. The molecule has 0 spiro atoms. The fourth-order valence-corrected chi connectivity index (χ4v) is 7.63. The second kappa shape index (κ2) is 12.0. The van der Waals surface area contributed by atoms with Gasteiger partial charge in [0.25, 0.3) is 0 Å². The number of likely N-dealkylation sites (tertiary alicyclic amines) is 1. The summed E-state index contributed by atoms with van der Waals surface area (Å²) in [5, 5.41) is 14.1. The number of aliphatic carboxylic acids is 1. The second-order valence-corrected chi connectivity index (χ2v) is 13.7. The van der Waals surface area contributed by atoms with Crippen molar-refractivity contribution in [1.82, 2.24) is 10.2 Å². The van der Waals surface area contributed by atoms with Gasteiger partial charge in [-0.15, -0.1) is 0 Å². The monoisotopic (exact) mass is 618 g/mol. The lowest BCUT2D eigenvalue weighted by molar-refractivity contribution is -0.160. The van der Waals surface area contributed by atoms with Gasteiger partial charge in [-0.2, -0.15) is 13.2 Å². The van der Waals surface area contributed by atoms with Crippen LogP contribution in [0.5, 0.6) is 5.75 Å². The number of benzene rings is 2. The summed E-state index contributed by atoms with van der Waals surface area (Å²) in [5.74, 6) is -2.63. The highest BCUT2D eigenvalue weighted by Crippen LogP contribution is 2.59. The molecule has 10 heteroatoms. The lowest BCUT2D eigenvalue weighted by Gasteiger charge is -2.36. The van der Waals surface area contributed by atoms with E-state index in [-0.39, 0.29) is 42.3 Å². The number of carboxylic acid groups (broad SMARTS) is 1. The molecule has 6 nitrogen and oxygen atoms in total. The molecule has 240 valence electrons. The van der Waals surface area contributed by atoms with E-state index in [1.165, 1.54) is 36.3 Å². The number of nitrogens with one attached hydrogen (secondary N) is 1. The molecule has 2 aliphatic carbocycles. The van der Waals surface area contributed by atoms with E-state index in [9.17, 15) is 27.9 Å². The van der Waals surface area contributed by atoms with Crippen molar-refractivity contribution in [3.05, 3.63) is 65.0 Å². The van der Waals surface area contributed by atoms with Crippen molar-refractivity contribution in [3.8, 4) is 5.75 Å². The van der Waals surface area contributed by atoms with Crippen LogP contribution in [-0.2, 0) is 21.5 Å². The van der Waals surface area contributed by atoms with Gasteiger partial charge in [0.2, 0.25) is 5.91 Å². The number of carbonyl (C=O) groups excluding carboxylic acids is 1. The zero-order valence-corrected chi connectivity index (χ0v) is 25.7. The Morgan fingerprint density at radius 2 is 1.70 bits per heavy atom. The van der Waals surface area contributed by atoms with Crippen molar-refractivity contribution < 1.29 is 37.0 Å². The average Bonchev–Trinajstić information content (AvgIpc) is 3.72. The molecule has 5 rings (SSSR count). The summed E-state index contributed by atoms with van der Waals surface area (Å²) in [6.07, 6.45) is -0.327. The van der Waals surface area contributed by atoms with E-state index < -0.39 is 52.8 Å². The summed E-state index contributed by atoms with van der Waals surface area (Å²) in [4.78, 5) is 28.7. The van der Waals surface area contributed by atoms with E-state index in [0.29, 0.717) is 24.2 Å². The molecule has 3 fully saturated rings. The Bertz CT molecular complexity index is 1380. The zero-order chi connectivity index (χ0) is 32.0. The Hall–Kier alpha value is -3.14. The summed E-state index contributed by atoms with van der Waals surface area (Å²) in [7, 11) is 1.44. The van der Waals surface area contributed by atoms with Crippen molar-refractivity contribution >= 4 is 11.9 Å². The maximum atomic E-state index is 15.6. The summed E-state index contributed by atoms with van der Waals surface area (Å²) < 4.78 is 63.1. The molecule has 3 aliphatic rings. The fraction of sp³-hybridized carbons (Fsp3) is 0.588. The SMILES string of the molecule is COc1ccc(C2(C(F)(F)F)CC2)cc1CN[C@H]1[C@H](C(C)(C)C)[C@@H](C(=O)O)N(C(=O)C2CCCCC2)[C@H]1c1ccccc1F. The van der Waals surface area contributed by atoms with Gasteiger partial charge in [0.15, 0.2) is 0 Å². The Labute approximate surface area is 256 Å². The molecule has 0 radical (unpaired) electrons. The molecule has 1 amide bonds. The molecular formula is C34H42F4N2O4. The van der Waals surface area contributed by atoms with Gasteiger partial charge in [-0.25, -0.2) is 9.18 Å². The van der Waals surface area contributed by atoms with Gasteiger partial charge in [-0.1, -0.05) is 64.3 Å². The molecule has 2 N–H and O–H groups in total. The third kappa shape index (κ3) is 5.82. The van der Waals surface area contributed by atoms with Crippen LogP contribution in [0.3, 0.4) is 0 Å². The van der Waals surface area contributed by atoms with E-state index in [1.54, 1.807) is 18.2 Å². The molecule has 2 aromatic carbocycles. The number of methoxy groups -OCH3 is 1. The molecule has 0 bridgehead atoms. The predicted molar refractivity (Wildman–Crippen MR) is 158 cm³/mol. The minimum absolute atomic E-state index is 0.0122. The Kier molecular flexibility index (Phi) is 8.79. The van der Waals surface area contributed by atoms with Crippen LogP contribution < -0.4 is 10.1 Å². The first kappa shape index (κ1) is 32.3. The number of nitrogens with zero attached hydrogens (tertiary/aromatic N) is 1. The van der Waals surface area contributed by atoms with E-state index >= 15 is 4.39 Å². The quantitative estimate of drug-likeness (QED) is 0.307. The molecular weight excluding hydrogens is 576 g/mol. The summed E-state index contributed by atoms with van der Waals surface area (Å²) in [6, 6.07) is 7.66. The Balaban J connectivity index is 1.59. The van der Waals surface area contributed by atoms with Crippen LogP contribution in [0.1, 0.15) is 88.4 Å². The molecule has 4 atom stereocenters. The molecule has 1 aliphatic heterocycles. The first-order chi connectivity index (χ1) is 20.7. The van der Waals surface area contributed by atoms with Crippen molar-refractivity contribution in [2.45, 2.75) is 102 Å². The van der Waals surface area contributed by atoms with Crippen molar-refractivity contribution in [2.24, 2.45) is 17.3 Å². The van der Waals surface area contributed by atoms with Gasteiger partial charge in [-0.3, -0.25) is 4.79 Å². The maximum Gasteiger partial charge on any atom is 0.398 e. The van der Waals surface area contributed by atoms with Crippen LogP contribution in [0.4, 0.5) is 17.6 Å². The summed E-state index contributed by atoms with van der Waals surface area (Å²) >= 11 is 0. The predicted octanol–water partition coefficient (Wildman–Crippen LogP) is 7.17. The number of halogens is 4. The standard InChI is InChI=1S/C34H42F4N2O4/c1-32(2,3)26-27(39-19-21-18-22(14-15-25(21)44-4)33(16-17-33)34(36,37)38)28(23-12-8-9-13-24(23)35)40(29(26)31(42)43)30(41)20-10-6-5-7-11-20/h8-9,12-15,18,20,26-29,39H,5-7,10-11,16-17,19H2,1-4H3,(H,42,43)/t26-,27-,28-,29-/m0/s1. The summed E-state index contributed by atoms with van der Waals surface area (Å²) in [6.45, 7) is 5.73. The van der Waals surface area contributed by atoms with Gasteiger partial charge in [-0.05, 0) is 54.9 Å². The minimum Gasteiger partial charge on any atom is -0.496 e. The number of rotatable bonds is 8. The van der Waals surface area contributed by atoms with Gasteiger partial charge in [0, 0.05) is 35.5 Å². The van der Waals surface area contributed by atoms with E-state index in [1.807, 2.05) is 20.8 Å². The van der Waals surface area contributed by atoms with E-state index in [2.05, 4.69) is 5.32 Å².